The molecule has 3 rings (SSSR count). The van der Waals surface area contributed by atoms with Gasteiger partial charge in [-0.1, -0.05) is 6.42 Å². The lowest BCUT2D eigenvalue weighted by Gasteiger charge is -2.27. The van der Waals surface area contributed by atoms with Gasteiger partial charge in [0.15, 0.2) is 0 Å². The van der Waals surface area contributed by atoms with E-state index in [4.69, 9.17) is 0 Å². The van der Waals surface area contributed by atoms with Gasteiger partial charge in [0, 0.05) is 18.5 Å². The van der Waals surface area contributed by atoms with Crippen molar-refractivity contribution in [3.63, 3.8) is 0 Å². The molecule has 0 spiro atoms. The Balaban J connectivity index is 2.37. The van der Waals surface area contributed by atoms with Gasteiger partial charge in [-0.05, 0) is 31.0 Å². The summed E-state index contributed by atoms with van der Waals surface area (Å²) in [5, 5.41) is -0.272. The average molecular weight is 439 g/mol. The molecule has 0 unspecified atom stereocenters. The van der Waals surface area contributed by atoms with E-state index in [0.717, 1.165) is 16.8 Å². The van der Waals surface area contributed by atoms with Crippen molar-refractivity contribution >= 4 is 28.7 Å². The molecule has 8 nitrogen and oxygen atoms in total. The van der Waals surface area contributed by atoms with Crippen molar-refractivity contribution in [3.05, 3.63) is 40.2 Å². The van der Waals surface area contributed by atoms with E-state index in [1.165, 1.54) is 0 Å². The second-order valence-electron chi connectivity index (χ2n) is 6.29. The second kappa shape index (κ2) is 6.96. The first-order chi connectivity index (χ1) is 12.8. The van der Waals surface area contributed by atoms with E-state index in [9.17, 15) is 40.7 Å². The zero-order valence-corrected chi connectivity index (χ0v) is 15.9. The van der Waals surface area contributed by atoms with Crippen LogP contribution < -0.4 is 5.56 Å². The molecular formula is C15H15F3N2O6PS. The Hall–Kier alpha value is -1.72. The molecule has 0 amide bonds. The van der Waals surface area contributed by atoms with Gasteiger partial charge in [-0.3, -0.25) is 4.79 Å². The van der Waals surface area contributed by atoms with E-state index < -0.39 is 45.5 Å². The number of hydrogen-bond acceptors (Lipinski definition) is 4. The summed E-state index contributed by atoms with van der Waals surface area (Å²) in [6.07, 6.45) is -3.35. The molecule has 2 heterocycles. The second-order valence-corrected chi connectivity index (χ2v) is 9.62. The highest BCUT2D eigenvalue weighted by Gasteiger charge is 2.40. The Morgan fingerprint density at radius 2 is 1.71 bits per heavy atom. The maximum absolute atomic E-state index is 13.6. The number of piperidine rings is 1. The third kappa shape index (κ3) is 3.74. The fourth-order valence-electron chi connectivity index (χ4n) is 3.13. The Morgan fingerprint density at radius 1 is 1.11 bits per heavy atom. The molecule has 1 aliphatic rings. The molecule has 1 aromatic carbocycles. The van der Waals surface area contributed by atoms with Gasteiger partial charge in [0.05, 0.1) is 22.0 Å². The summed E-state index contributed by atoms with van der Waals surface area (Å²) in [6.45, 7) is 0.150. The fourth-order valence-corrected chi connectivity index (χ4v) is 5.62. The first-order valence-electron chi connectivity index (χ1n) is 8.09. The molecule has 2 N–H and O–H groups in total. The van der Waals surface area contributed by atoms with Crippen LogP contribution in [0.2, 0.25) is 0 Å². The minimum absolute atomic E-state index is 0.0752. The quantitative estimate of drug-likeness (QED) is 0.706. The van der Waals surface area contributed by atoms with Crippen molar-refractivity contribution < 1.29 is 35.9 Å². The Labute approximate surface area is 157 Å². The van der Waals surface area contributed by atoms with E-state index in [1.54, 1.807) is 0 Å². The maximum Gasteiger partial charge on any atom is 0.437 e. The molecular weight excluding hydrogens is 424 g/mol. The highest BCUT2D eigenvalue weighted by molar-refractivity contribution is 7.89. The third-order valence-corrected chi connectivity index (χ3v) is 7.26. The number of alkyl halides is 3. The lowest BCUT2D eigenvalue weighted by molar-refractivity contribution is -0.139. The monoisotopic (exact) mass is 439 g/mol. The largest absolute Gasteiger partial charge is 0.437 e. The molecule has 13 heteroatoms. The van der Waals surface area contributed by atoms with Crippen LogP contribution in [-0.4, -0.2) is 39.9 Å². The van der Waals surface area contributed by atoms with Crippen molar-refractivity contribution in [1.82, 2.24) is 8.64 Å². The molecule has 1 aromatic heterocycles. The molecule has 28 heavy (non-hydrogen) atoms. The van der Waals surface area contributed by atoms with Crippen LogP contribution in [0, 0.1) is 6.07 Å². The zero-order valence-electron chi connectivity index (χ0n) is 14.2. The minimum atomic E-state index is -5.31. The number of nitrogens with zero attached hydrogens (tertiary/aromatic N) is 2. The maximum atomic E-state index is 13.6. The van der Waals surface area contributed by atoms with Gasteiger partial charge >= 0.3 is 13.9 Å². The number of pyridine rings is 1. The van der Waals surface area contributed by atoms with Gasteiger partial charge in [0.2, 0.25) is 10.0 Å². The van der Waals surface area contributed by atoms with Crippen LogP contribution in [0.1, 0.15) is 24.8 Å². The van der Waals surface area contributed by atoms with Gasteiger partial charge in [-0.25, -0.2) is 17.3 Å². The topological polar surface area (TPSA) is 117 Å². The van der Waals surface area contributed by atoms with Gasteiger partial charge in [0.25, 0.3) is 5.56 Å². The fraction of sp³-hybridized carbons (Fsp3) is 0.400. The van der Waals surface area contributed by atoms with Gasteiger partial charge < -0.3 is 9.79 Å². The van der Waals surface area contributed by atoms with E-state index in [0.29, 0.717) is 18.9 Å². The normalized spacial score (nSPS) is 17.2. The van der Waals surface area contributed by atoms with E-state index in [2.05, 4.69) is 0 Å². The van der Waals surface area contributed by atoms with Crippen molar-refractivity contribution in [2.24, 2.45) is 0 Å². The lowest BCUT2D eigenvalue weighted by Crippen LogP contribution is -2.36. The summed E-state index contributed by atoms with van der Waals surface area (Å²) in [7, 11) is -9.82. The first-order valence-corrected chi connectivity index (χ1v) is 11.1. The Morgan fingerprint density at radius 3 is 2.25 bits per heavy atom. The lowest BCUT2D eigenvalue weighted by atomic mass is 10.1. The van der Waals surface area contributed by atoms with Crippen LogP contribution in [0.3, 0.4) is 0 Å². The predicted octanol–water partition coefficient (Wildman–Crippen LogP) is 1.94. The Kier molecular flexibility index (Phi) is 5.22. The number of sulfonamides is 1. The zero-order chi connectivity index (χ0) is 20.9. The van der Waals surface area contributed by atoms with Crippen molar-refractivity contribution in [1.29, 1.82) is 0 Å². The van der Waals surface area contributed by atoms with Gasteiger partial charge in [-0.15, -0.1) is 0 Å². The molecule has 153 valence electrons. The first kappa shape index (κ1) is 21.0. The van der Waals surface area contributed by atoms with Crippen molar-refractivity contribution in [2.45, 2.75) is 30.3 Å². The number of hydrogen-bond donors (Lipinski definition) is 2. The summed E-state index contributed by atoms with van der Waals surface area (Å²) in [5.41, 5.74) is -3.67. The van der Waals surface area contributed by atoms with Gasteiger partial charge in [-0.2, -0.15) is 17.5 Å². The summed E-state index contributed by atoms with van der Waals surface area (Å²) < 4.78 is 79.0. The average Bonchev–Trinajstić information content (AvgIpc) is 2.59. The SMILES string of the molecule is O=c1[c]cc2cc(S(=O)(=O)N3CCCCC3)c(C(F)(F)F)cc2n1P(=O)(O)O. The molecule has 1 fully saturated rings. The van der Waals surface area contributed by atoms with Gasteiger partial charge in [0.1, 0.15) is 0 Å². The molecule has 1 aliphatic heterocycles. The molecule has 0 saturated carbocycles. The van der Waals surface area contributed by atoms with Crippen LogP contribution >= 0.6 is 7.75 Å². The van der Waals surface area contributed by atoms with Crippen LogP contribution in [0.15, 0.2) is 27.9 Å². The molecule has 0 atom stereocenters. The molecule has 1 saturated heterocycles. The van der Waals surface area contributed by atoms with E-state index >= 15 is 0 Å². The van der Waals surface area contributed by atoms with Crippen LogP contribution in [0.5, 0.6) is 0 Å². The van der Waals surface area contributed by atoms with Crippen molar-refractivity contribution in [3.8, 4) is 0 Å². The minimum Gasteiger partial charge on any atom is -0.308 e. The number of benzene rings is 1. The smallest absolute Gasteiger partial charge is 0.308 e. The highest BCUT2D eigenvalue weighted by Crippen LogP contribution is 2.42. The van der Waals surface area contributed by atoms with E-state index in [1.807, 2.05) is 6.07 Å². The van der Waals surface area contributed by atoms with Crippen LogP contribution in [0.25, 0.3) is 10.9 Å². The summed E-state index contributed by atoms with van der Waals surface area (Å²) >= 11 is 0. The molecule has 1 radical (unpaired) electrons. The summed E-state index contributed by atoms with van der Waals surface area (Å²) in [6, 6.07) is 3.84. The molecule has 2 aromatic rings. The highest BCUT2D eigenvalue weighted by atomic mass is 32.2. The van der Waals surface area contributed by atoms with Crippen molar-refractivity contribution in [2.75, 3.05) is 13.1 Å². The number of fused-ring (bicyclic) bond motifs is 1. The van der Waals surface area contributed by atoms with Crippen LogP contribution in [0.4, 0.5) is 13.2 Å². The summed E-state index contributed by atoms with van der Waals surface area (Å²) in [4.78, 5) is 29.4. The molecule has 0 aliphatic carbocycles. The third-order valence-electron chi connectivity index (χ3n) is 4.40. The number of aromatic nitrogens is 1. The Bertz CT molecular complexity index is 1130. The van der Waals surface area contributed by atoms with E-state index in [-0.39, 0.29) is 28.9 Å². The van der Waals surface area contributed by atoms with Crippen LogP contribution in [-0.2, 0) is 20.8 Å². The number of rotatable bonds is 3. The predicted molar refractivity (Wildman–Crippen MR) is 92.1 cm³/mol. The molecule has 0 bridgehead atoms. The summed E-state index contributed by atoms with van der Waals surface area (Å²) in [5.74, 6) is 0. The standard InChI is InChI=1S/C15H15F3N2O6PS/c16-15(17,18)11-9-12-10(4-5-14(21)20(12)27(22,23)24)8-13(11)28(25,26)19-6-2-1-3-7-19/h4,8-9H,1-3,6-7H2,(H2,22,23,24). The number of halogens is 3.